The van der Waals surface area contributed by atoms with Crippen LogP contribution in [0.3, 0.4) is 0 Å². The van der Waals surface area contributed by atoms with Crippen molar-refractivity contribution in [1.29, 1.82) is 0 Å². The highest BCUT2D eigenvalue weighted by atomic mass is 35.5. The standard InChI is InChI=1S/C11H12ClN3O3/c1-17-10-4-11(18-2)9(3-8(10)12)15-5-7(6-16)13-14-15/h3-5,16H,6H2,1-2H3. The van der Waals surface area contributed by atoms with E-state index in [9.17, 15) is 0 Å². The summed E-state index contributed by atoms with van der Waals surface area (Å²) in [5, 5.41) is 17.1. The Morgan fingerprint density at radius 2 is 2.00 bits per heavy atom. The predicted molar refractivity (Wildman–Crippen MR) is 65.4 cm³/mol. The molecule has 1 heterocycles. The lowest BCUT2D eigenvalue weighted by atomic mass is 10.2. The monoisotopic (exact) mass is 269 g/mol. The van der Waals surface area contributed by atoms with E-state index in [4.69, 9.17) is 26.2 Å². The number of aliphatic hydroxyl groups excluding tert-OH is 1. The lowest BCUT2D eigenvalue weighted by molar-refractivity contribution is 0.276. The van der Waals surface area contributed by atoms with E-state index >= 15 is 0 Å². The molecule has 0 bridgehead atoms. The normalized spacial score (nSPS) is 10.4. The fraction of sp³-hybridized carbons (Fsp3) is 0.273. The van der Waals surface area contributed by atoms with Crippen molar-refractivity contribution in [1.82, 2.24) is 15.0 Å². The molecule has 2 aromatic rings. The molecule has 0 radical (unpaired) electrons. The van der Waals surface area contributed by atoms with Crippen LogP contribution >= 0.6 is 11.6 Å². The zero-order valence-corrected chi connectivity index (χ0v) is 10.7. The molecule has 18 heavy (non-hydrogen) atoms. The molecule has 1 aromatic carbocycles. The van der Waals surface area contributed by atoms with Crippen molar-refractivity contribution >= 4 is 11.6 Å². The van der Waals surface area contributed by atoms with Crippen LogP contribution in [0.15, 0.2) is 18.3 Å². The molecular formula is C11H12ClN3O3. The van der Waals surface area contributed by atoms with Crippen LogP contribution in [-0.2, 0) is 6.61 Å². The molecule has 0 aliphatic carbocycles. The third-order valence-electron chi connectivity index (χ3n) is 2.40. The van der Waals surface area contributed by atoms with E-state index in [1.165, 1.54) is 18.9 Å². The van der Waals surface area contributed by atoms with Crippen LogP contribution < -0.4 is 9.47 Å². The first-order chi connectivity index (χ1) is 8.69. The highest BCUT2D eigenvalue weighted by Crippen LogP contribution is 2.34. The average molecular weight is 270 g/mol. The highest BCUT2D eigenvalue weighted by Gasteiger charge is 2.13. The van der Waals surface area contributed by atoms with E-state index in [1.807, 2.05) is 0 Å². The van der Waals surface area contributed by atoms with Crippen LogP contribution in [0.5, 0.6) is 11.5 Å². The fourth-order valence-electron chi connectivity index (χ4n) is 1.51. The maximum atomic E-state index is 8.97. The Morgan fingerprint density at radius 3 is 2.56 bits per heavy atom. The lowest BCUT2D eigenvalue weighted by Gasteiger charge is -2.11. The molecule has 0 atom stereocenters. The van der Waals surface area contributed by atoms with Crippen LogP contribution in [-0.4, -0.2) is 34.3 Å². The van der Waals surface area contributed by atoms with Crippen LogP contribution in [0.4, 0.5) is 0 Å². The molecule has 96 valence electrons. The Hall–Kier alpha value is -1.79. The van der Waals surface area contributed by atoms with Crippen molar-refractivity contribution in [3.63, 3.8) is 0 Å². The Bertz CT molecular complexity index is 556. The van der Waals surface area contributed by atoms with Gasteiger partial charge in [-0.2, -0.15) is 0 Å². The molecule has 0 aliphatic rings. The number of benzene rings is 1. The van der Waals surface area contributed by atoms with Gasteiger partial charge < -0.3 is 14.6 Å². The smallest absolute Gasteiger partial charge is 0.148 e. The minimum absolute atomic E-state index is 0.174. The Labute approximate surface area is 109 Å². The first-order valence-corrected chi connectivity index (χ1v) is 5.51. The minimum Gasteiger partial charge on any atom is -0.495 e. The number of rotatable bonds is 4. The van der Waals surface area contributed by atoms with Crippen molar-refractivity contribution < 1.29 is 14.6 Å². The van der Waals surface area contributed by atoms with Crippen molar-refractivity contribution in [3.05, 3.63) is 29.0 Å². The van der Waals surface area contributed by atoms with Gasteiger partial charge in [-0.15, -0.1) is 5.10 Å². The predicted octanol–water partition coefficient (Wildman–Crippen LogP) is 1.43. The number of hydrogen-bond donors (Lipinski definition) is 1. The summed E-state index contributed by atoms with van der Waals surface area (Å²) in [5.74, 6) is 1.06. The Morgan fingerprint density at radius 1 is 1.28 bits per heavy atom. The molecule has 1 N–H and O–H groups in total. The zero-order chi connectivity index (χ0) is 13.1. The van der Waals surface area contributed by atoms with Gasteiger partial charge in [0.05, 0.1) is 32.0 Å². The summed E-state index contributed by atoms with van der Waals surface area (Å²) in [5.41, 5.74) is 1.08. The molecular weight excluding hydrogens is 258 g/mol. The van der Waals surface area contributed by atoms with Gasteiger partial charge in [0, 0.05) is 6.07 Å². The molecule has 0 spiro atoms. The topological polar surface area (TPSA) is 69.4 Å². The summed E-state index contributed by atoms with van der Waals surface area (Å²) < 4.78 is 11.8. The Kier molecular flexibility index (Phi) is 3.69. The van der Waals surface area contributed by atoms with Gasteiger partial charge in [0.2, 0.25) is 0 Å². The molecule has 6 nitrogen and oxygen atoms in total. The van der Waals surface area contributed by atoms with Gasteiger partial charge in [0.15, 0.2) is 0 Å². The summed E-state index contributed by atoms with van der Waals surface area (Å²) in [7, 11) is 3.07. The van der Waals surface area contributed by atoms with E-state index in [0.717, 1.165) is 0 Å². The maximum Gasteiger partial charge on any atom is 0.148 e. The first-order valence-electron chi connectivity index (χ1n) is 5.13. The van der Waals surface area contributed by atoms with Gasteiger partial charge in [-0.3, -0.25) is 0 Å². The van der Waals surface area contributed by atoms with Crippen molar-refractivity contribution in [2.75, 3.05) is 14.2 Å². The fourth-order valence-corrected chi connectivity index (χ4v) is 1.75. The van der Waals surface area contributed by atoms with Crippen LogP contribution in [0, 0.1) is 0 Å². The molecule has 7 heteroatoms. The van der Waals surface area contributed by atoms with E-state index in [-0.39, 0.29) is 6.61 Å². The summed E-state index contributed by atoms with van der Waals surface area (Å²) in [6.45, 7) is -0.174. The number of aromatic nitrogens is 3. The van der Waals surface area contributed by atoms with Gasteiger partial charge in [-0.25, -0.2) is 4.68 Å². The van der Waals surface area contributed by atoms with E-state index in [0.29, 0.717) is 27.9 Å². The number of nitrogens with zero attached hydrogens (tertiary/aromatic N) is 3. The summed E-state index contributed by atoms with van der Waals surface area (Å²) in [6, 6.07) is 3.33. The molecule has 0 saturated heterocycles. The van der Waals surface area contributed by atoms with Crippen molar-refractivity contribution in [2.24, 2.45) is 0 Å². The van der Waals surface area contributed by atoms with Crippen LogP contribution in [0.25, 0.3) is 5.69 Å². The van der Waals surface area contributed by atoms with E-state index < -0.39 is 0 Å². The minimum atomic E-state index is -0.174. The zero-order valence-electron chi connectivity index (χ0n) is 9.92. The molecule has 2 rings (SSSR count). The van der Waals surface area contributed by atoms with Crippen molar-refractivity contribution in [2.45, 2.75) is 6.61 Å². The molecule has 0 fully saturated rings. The summed E-state index contributed by atoms with van der Waals surface area (Å²) >= 11 is 6.06. The molecule has 1 aromatic heterocycles. The van der Waals surface area contributed by atoms with E-state index in [1.54, 1.807) is 18.3 Å². The highest BCUT2D eigenvalue weighted by molar-refractivity contribution is 6.32. The number of aliphatic hydroxyl groups is 1. The van der Waals surface area contributed by atoms with Gasteiger partial charge >= 0.3 is 0 Å². The van der Waals surface area contributed by atoms with Gasteiger partial charge in [0.25, 0.3) is 0 Å². The third-order valence-corrected chi connectivity index (χ3v) is 2.70. The molecule has 0 unspecified atom stereocenters. The number of hydrogen-bond acceptors (Lipinski definition) is 5. The lowest BCUT2D eigenvalue weighted by Crippen LogP contribution is -2.00. The molecule has 0 aliphatic heterocycles. The maximum absolute atomic E-state index is 8.97. The second kappa shape index (κ2) is 5.24. The molecule has 0 saturated carbocycles. The summed E-state index contributed by atoms with van der Waals surface area (Å²) in [6.07, 6.45) is 1.60. The Balaban J connectivity index is 2.52. The van der Waals surface area contributed by atoms with Crippen LogP contribution in [0.2, 0.25) is 5.02 Å². The average Bonchev–Trinajstić information content (AvgIpc) is 2.87. The largest absolute Gasteiger partial charge is 0.495 e. The SMILES string of the molecule is COc1cc(OC)c(-n2cc(CO)nn2)cc1Cl. The summed E-state index contributed by atoms with van der Waals surface area (Å²) in [4.78, 5) is 0. The molecule has 0 amide bonds. The second-order valence-electron chi connectivity index (χ2n) is 3.47. The quantitative estimate of drug-likeness (QED) is 0.909. The van der Waals surface area contributed by atoms with Gasteiger partial charge in [-0.1, -0.05) is 16.8 Å². The van der Waals surface area contributed by atoms with Gasteiger partial charge in [-0.05, 0) is 6.07 Å². The van der Waals surface area contributed by atoms with Crippen LogP contribution in [0.1, 0.15) is 5.69 Å². The third kappa shape index (κ3) is 2.25. The number of halogens is 1. The second-order valence-corrected chi connectivity index (χ2v) is 3.88. The first kappa shape index (κ1) is 12.7. The number of methoxy groups -OCH3 is 2. The van der Waals surface area contributed by atoms with Crippen molar-refractivity contribution in [3.8, 4) is 17.2 Å². The van der Waals surface area contributed by atoms with Gasteiger partial charge in [0.1, 0.15) is 22.9 Å². The van der Waals surface area contributed by atoms with E-state index in [2.05, 4.69) is 10.3 Å². The number of ether oxygens (including phenoxy) is 2.